The minimum atomic E-state index is -0.130. The number of aromatic nitrogens is 3. The lowest BCUT2D eigenvalue weighted by atomic mass is 10.1. The standard InChI is InChI=1S/C24H24N6O2/c1-3-5-18(26-16(2)31)6-4-7-22-24(30-13-12-25-15-23(30)28-22)27-19-9-10-20-17(14-19)8-11-21(20)29-32/h3-7,9-10,12-15,27,32H,8,11H2,1-2H3,(H,26,31)/b5-3-,7-4+,18-6+,29-21+. The van der Waals surface area contributed by atoms with Crippen LogP contribution in [0.15, 0.2) is 71.9 Å². The van der Waals surface area contributed by atoms with Crippen LogP contribution in [0.5, 0.6) is 0 Å². The molecule has 0 unspecified atom stereocenters. The molecule has 0 saturated heterocycles. The van der Waals surface area contributed by atoms with Crippen LogP contribution in [-0.4, -0.2) is 31.2 Å². The first kappa shape index (κ1) is 21.0. The first-order valence-electron chi connectivity index (χ1n) is 10.3. The van der Waals surface area contributed by atoms with Crippen molar-refractivity contribution >= 4 is 34.8 Å². The van der Waals surface area contributed by atoms with Gasteiger partial charge in [-0.1, -0.05) is 23.4 Å². The first-order chi connectivity index (χ1) is 15.6. The number of hydrogen-bond acceptors (Lipinski definition) is 6. The number of oxime groups is 1. The summed E-state index contributed by atoms with van der Waals surface area (Å²) in [7, 11) is 0. The Kier molecular flexibility index (Phi) is 6.12. The van der Waals surface area contributed by atoms with Gasteiger partial charge in [0.25, 0.3) is 0 Å². The number of hydrogen-bond donors (Lipinski definition) is 3. The summed E-state index contributed by atoms with van der Waals surface area (Å²) in [6, 6.07) is 6.01. The zero-order valence-electron chi connectivity index (χ0n) is 17.9. The Morgan fingerprint density at radius 1 is 1.31 bits per heavy atom. The second-order valence-electron chi connectivity index (χ2n) is 7.36. The quantitative estimate of drug-likeness (QED) is 0.310. The summed E-state index contributed by atoms with van der Waals surface area (Å²) in [6.07, 6.45) is 16.1. The van der Waals surface area contributed by atoms with E-state index in [0.29, 0.717) is 11.3 Å². The van der Waals surface area contributed by atoms with Crippen LogP contribution in [0, 0.1) is 0 Å². The van der Waals surface area contributed by atoms with Crippen molar-refractivity contribution in [3.63, 3.8) is 0 Å². The average molecular weight is 428 g/mol. The molecule has 2 heterocycles. The van der Waals surface area contributed by atoms with Gasteiger partial charge in [-0.05, 0) is 55.7 Å². The second-order valence-corrected chi connectivity index (χ2v) is 7.36. The van der Waals surface area contributed by atoms with Gasteiger partial charge in [-0.2, -0.15) is 0 Å². The molecular weight excluding hydrogens is 404 g/mol. The van der Waals surface area contributed by atoms with Crippen molar-refractivity contribution in [3.05, 3.63) is 83.6 Å². The monoisotopic (exact) mass is 428 g/mol. The number of fused-ring (bicyclic) bond motifs is 2. The van der Waals surface area contributed by atoms with Crippen LogP contribution >= 0.6 is 0 Å². The predicted octanol–water partition coefficient (Wildman–Crippen LogP) is 4.21. The fourth-order valence-electron chi connectivity index (χ4n) is 3.72. The lowest BCUT2D eigenvalue weighted by molar-refractivity contribution is -0.118. The molecule has 4 rings (SSSR count). The highest BCUT2D eigenvalue weighted by Crippen LogP contribution is 2.29. The SMILES string of the molecule is C\C=C/C(=C\C=C\c1nc2cnccn2c1Nc1ccc2c(c1)CC/C2=N\O)NC(C)=O. The van der Waals surface area contributed by atoms with E-state index in [-0.39, 0.29) is 5.91 Å². The van der Waals surface area contributed by atoms with Gasteiger partial charge >= 0.3 is 0 Å². The minimum Gasteiger partial charge on any atom is -0.411 e. The number of amides is 1. The molecule has 2 aromatic heterocycles. The van der Waals surface area contributed by atoms with Crippen LogP contribution in [0.1, 0.15) is 37.1 Å². The molecule has 1 aliphatic carbocycles. The summed E-state index contributed by atoms with van der Waals surface area (Å²) >= 11 is 0. The topological polar surface area (TPSA) is 104 Å². The maximum Gasteiger partial charge on any atom is 0.221 e. The molecule has 32 heavy (non-hydrogen) atoms. The summed E-state index contributed by atoms with van der Waals surface area (Å²) < 4.78 is 1.94. The minimum absolute atomic E-state index is 0.130. The number of nitrogens with one attached hydrogen (secondary N) is 2. The second kappa shape index (κ2) is 9.30. The van der Waals surface area contributed by atoms with E-state index < -0.39 is 0 Å². The van der Waals surface area contributed by atoms with Gasteiger partial charge in [0.2, 0.25) is 5.91 Å². The predicted molar refractivity (Wildman–Crippen MR) is 125 cm³/mol. The van der Waals surface area contributed by atoms with Crippen molar-refractivity contribution in [3.8, 4) is 0 Å². The third kappa shape index (κ3) is 4.44. The molecular formula is C24H24N6O2. The maximum atomic E-state index is 11.4. The Morgan fingerprint density at radius 3 is 2.97 bits per heavy atom. The Bertz CT molecular complexity index is 1280. The molecule has 1 aromatic carbocycles. The van der Waals surface area contributed by atoms with Gasteiger partial charge in [-0.15, -0.1) is 0 Å². The fourth-order valence-corrected chi connectivity index (χ4v) is 3.72. The highest BCUT2D eigenvalue weighted by atomic mass is 16.4. The molecule has 0 saturated carbocycles. The van der Waals surface area contributed by atoms with Crippen molar-refractivity contribution in [2.75, 3.05) is 5.32 Å². The fraction of sp³-hybridized carbons (Fsp3) is 0.167. The summed E-state index contributed by atoms with van der Waals surface area (Å²) in [5, 5.41) is 18.8. The number of allylic oxidation sites excluding steroid dienone is 4. The molecule has 0 spiro atoms. The largest absolute Gasteiger partial charge is 0.411 e. The van der Waals surface area contributed by atoms with Crippen LogP contribution in [0.3, 0.4) is 0 Å². The zero-order valence-corrected chi connectivity index (χ0v) is 17.9. The van der Waals surface area contributed by atoms with E-state index in [9.17, 15) is 4.79 Å². The molecule has 162 valence electrons. The van der Waals surface area contributed by atoms with E-state index in [1.165, 1.54) is 6.92 Å². The molecule has 3 aromatic rings. The van der Waals surface area contributed by atoms with Crippen molar-refractivity contribution in [2.24, 2.45) is 5.16 Å². The summed E-state index contributed by atoms with van der Waals surface area (Å²) in [6.45, 7) is 3.37. The number of rotatable bonds is 6. The Balaban J connectivity index is 1.68. The lowest BCUT2D eigenvalue weighted by Crippen LogP contribution is -2.17. The third-order valence-corrected chi connectivity index (χ3v) is 5.08. The van der Waals surface area contributed by atoms with Crippen LogP contribution in [0.2, 0.25) is 0 Å². The van der Waals surface area contributed by atoms with E-state index in [1.54, 1.807) is 12.4 Å². The molecule has 1 amide bonds. The normalized spacial score (nSPS) is 15.2. The molecule has 3 N–H and O–H groups in total. The van der Waals surface area contributed by atoms with Crippen LogP contribution < -0.4 is 10.6 Å². The maximum absolute atomic E-state index is 11.4. The molecule has 0 fully saturated rings. The van der Waals surface area contributed by atoms with Gasteiger partial charge in [0, 0.05) is 36.3 Å². The van der Waals surface area contributed by atoms with E-state index in [2.05, 4.69) is 31.8 Å². The highest BCUT2D eigenvalue weighted by molar-refractivity contribution is 6.04. The van der Waals surface area contributed by atoms with Gasteiger partial charge in [0.05, 0.1) is 11.9 Å². The Hall–Kier alpha value is -4.20. The molecule has 0 aliphatic heterocycles. The van der Waals surface area contributed by atoms with Crippen molar-refractivity contribution in [2.45, 2.75) is 26.7 Å². The van der Waals surface area contributed by atoms with Gasteiger partial charge in [-0.25, -0.2) is 4.98 Å². The van der Waals surface area contributed by atoms with Crippen LogP contribution in [0.25, 0.3) is 11.7 Å². The first-order valence-corrected chi connectivity index (χ1v) is 10.3. The molecule has 0 atom stereocenters. The zero-order chi connectivity index (χ0) is 22.5. The molecule has 8 heteroatoms. The number of carbonyl (C=O) groups is 1. The number of nitrogens with zero attached hydrogens (tertiary/aromatic N) is 4. The third-order valence-electron chi connectivity index (χ3n) is 5.08. The number of benzene rings is 1. The summed E-state index contributed by atoms with van der Waals surface area (Å²) in [4.78, 5) is 20.2. The molecule has 1 aliphatic rings. The van der Waals surface area contributed by atoms with E-state index >= 15 is 0 Å². The number of carbonyl (C=O) groups excluding carboxylic acids is 1. The van der Waals surface area contributed by atoms with Crippen molar-refractivity contribution in [1.82, 2.24) is 19.7 Å². The van der Waals surface area contributed by atoms with Crippen LogP contribution in [0.4, 0.5) is 11.5 Å². The summed E-state index contributed by atoms with van der Waals surface area (Å²) in [5.41, 5.74) is 5.90. The van der Waals surface area contributed by atoms with Crippen LogP contribution in [-0.2, 0) is 11.2 Å². The number of aryl methyl sites for hydroxylation is 1. The van der Waals surface area contributed by atoms with Crippen molar-refractivity contribution in [1.29, 1.82) is 0 Å². The Morgan fingerprint density at radius 2 is 2.19 bits per heavy atom. The smallest absolute Gasteiger partial charge is 0.221 e. The average Bonchev–Trinajstić information content (AvgIpc) is 3.34. The molecule has 8 nitrogen and oxygen atoms in total. The van der Waals surface area contributed by atoms with Gasteiger partial charge in [-0.3, -0.25) is 14.2 Å². The highest BCUT2D eigenvalue weighted by Gasteiger charge is 2.19. The number of imidazole rings is 1. The van der Waals surface area contributed by atoms with Gasteiger partial charge in [0.15, 0.2) is 5.65 Å². The lowest BCUT2D eigenvalue weighted by Gasteiger charge is -2.09. The van der Waals surface area contributed by atoms with E-state index in [4.69, 9.17) is 5.21 Å². The number of anilines is 2. The molecule has 0 radical (unpaired) electrons. The molecule has 0 bridgehead atoms. The van der Waals surface area contributed by atoms with Gasteiger partial charge in [0.1, 0.15) is 11.5 Å². The van der Waals surface area contributed by atoms with E-state index in [0.717, 1.165) is 46.9 Å². The van der Waals surface area contributed by atoms with Gasteiger partial charge < -0.3 is 15.8 Å². The van der Waals surface area contributed by atoms with Crippen molar-refractivity contribution < 1.29 is 10.0 Å². The summed E-state index contributed by atoms with van der Waals surface area (Å²) in [5.74, 6) is 0.670. The van der Waals surface area contributed by atoms with E-state index in [1.807, 2.05) is 60.0 Å². The Labute approximate surface area is 185 Å².